The Hall–Kier alpha value is -1.07. The molecule has 1 heterocycles. The fourth-order valence-corrected chi connectivity index (χ4v) is 6.45. The first-order valence-electron chi connectivity index (χ1n) is 20.4. The highest BCUT2D eigenvalue weighted by Gasteiger charge is 2.44. The third-order valence-electron chi connectivity index (χ3n) is 9.81. The lowest BCUT2D eigenvalue weighted by atomic mass is 10.0. The first-order chi connectivity index (χ1) is 23.8. The summed E-state index contributed by atoms with van der Waals surface area (Å²) in [5.41, 5.74) is 0. The second kappa shape index (κ2) is 31.6. The van der Waals surface area contributed by atoms with Crippen LogP contribution in [-0.2, 0) is 14.3 Å². The van der Waals surface area contributed by atoms with Gasteiger partial charge in [-0.1, -0.05) is 174 Å². The highest BCUT2D eigenvalue weighted by molar-refractivity contribution is 5.76. The molecule has 0 spiro atoms. The van der Waals surface area contributed by atoms with Gasteiger partial charge in [0, 0.05) is 6.42 Å². The lowest BCUT2D eigenvalue weighted by Crippen LogP contribution is -2.59. The van der Waals surface area contributed by atoms with Gasteiger partial charge in [-0.05, 0) is 19.3 Å². The standard InChI is InChI=1S/C40H77NO8/c1-3-5-7-9-11-13-15-17-18-19-21-23-25-27-29-31-35(43)41-33(32-48-40-38(46)36(44)37(45)39(47)49-40)34(42)30-28-26-24-22-20-16-14-12-10-8-6-4-2/h28,30,33-34,36-40,42,44-47H,3-27,29,31-32H2,1-2H3,(H,41,43)/b30-28+/t33?,34?,36-,37-,38-,39+,40?/m1/s1. The number of carbonyl (C=O) groups excluding carboxylic acids is 1. The molecule has 1 fully saturated rings. The van der Waals surface area contributed by atoms with Crippen molar-refractivity contribution in [1.29, 1.82) is 0 Å². The van der Waals surface area contributed by atoms with E-state index >= 15 is 0 Å². The molecule has 0 bridgehead atoms. The predicted molar refractivity (Wildman–Crippen MR) is 198 cm³/mol. The zero-order valence-corrected chi connectivity index (χ0v) is 31.5. The lowest BCUT2D eigenvalue weighted by molar-refractivity contribution is -0.341. The average molecular weight is 700 g/mol. The van der Waals surface area contributed by atoms with Gasteiger partial charge in [0.2, 0.25) is 5.91 Å². The highest BCUT2D eigenvalue weighted by atomic mass is 16.7. The molecule has 9 nitrogen and oxygen atoms in total. The van der Waals surface area contributed by atoms with Gasteiger partial charge in [-0.3, -0.25) is 4.79 Å². The van der Waals surface area contributed by atoms with E-state index in [9.17, 15) is 30.3 Å². The van der Waals surface area contributed by atoms with E-state index in [2.05, 4.69) is 19.2 Å². The van der Waals surface area contributed by atoms with E-state index in [-0.39, 0.29) is 12.5 Å². The molecule has 1 rings (SSSR count). The van der Waals surface area contributed by atoms with Crippen molar-refractivity contribution in [2.24, 2.45) is 0 Å². The molecule has 3 unspecified atom stereocenters. The summed E-state index contributed by atoms with van der Waals surface area (Å²) < 4.78 is 10.7. The molecule has 0 aromatic heterocycles. The Balaban J connectivity index is 2.36. The van der Waals surface area contributed by atoms with Gasteiger partial charge in [-0.15, -0.1) is 0 Å². The summed E-state index contributed by atoms with van der Waals surface area (Å²) in [6.07, 6.45) is 27.0. The summed E-state index contributed by atoms with van der Waals surface area (Å²) in [6.45, 7) is 4.28. The van der Waals surface area contributed by atoms with E-state index in [1.807, 2.05) is 6.08 Å². The van der Waals surface area contributed by atoms with Gasteiger partial charge in [-0.25, -0.2) is 0 Å². The van der Waals surface area contributed by atoms with E-state index in [1.165, 1.54) is 128 Å². The number of amides is 1. The molecule has 1 saturated heterocycles. The van der Waals surface area contributed by atoms with Crippen LogP contribution in [0.25, 0.3) is 0 Å². The first-order valence-corrected chi connectivity index (χ1v) is 20.4. The molecular formula is C40H77NO8. The summed E-state index contributed by atoms with van der Waals surface area (Å²) in [4.78, 5) is 12.8. The van der Waals surface area contributed by atoms with Crippen molar-refractivity contribution in [2.45, 2.75) is 230 Å². The minimum Gasteiger partial charge on any atom is -0.387 e. The van der Waals surface area contributed by atoms with Gasteiger partial charge in [0.1, 0.15) is 18.3 Å². The highest BCUT2D eigenvalue weighted by Crippen LogP contribution is 2.21. The quantitative estimate of drug-likeness (QED) is 0.0301. The number of aliphatic hydroxyl groups is 5. The average Bonchev–Trinajstić information content (AvgIpc) is 3.09. The van der Waals surface area contributed by atoms with Crippen LogP contribution in [0, 0.1) is 0 Å². The molecule has 1 amide bonds. The van der Waals surface area contributed by atoms with E-state index < -0.39 is 43.0 Å². The minimum absolute atomic E-state index is 0.189. The van der Waals surface area contributed by atoms with Crippen molar-refractivity contribution < 1.29 is 39.8 Å². The monoisotopic (exact) mass is 700 g/mol. The molecule has 49 heavy (non-hydrogen) atoms. The second-order valence-electron chi connectivity index (χ2n) is 14.5. The molecule has 0 radical (unpaired) electrons. The zero-order chi connectivity index (χ0) is 36.0. The SMILES string of the molecule is CCCCCCCCCCCC/C=C/C(O)C(COC1O[C@H](O)[C@H](O)[C@@H](O)[C@H]1O)NC(=O)CCCCCCCCCCCCCCCCC. The molecule has 290 valence electrons. The van der Waals surface area contributed by atoms with Crippen LogP contribution in [0.1, 0.15) is 187 Å². The van der Waals surface area contributed by atoms with Gasteiger partial charge in [0.15, 0.2) is 12.6 Å². The van der Waals surface area contributed by atoms with Gasteiger partial charge in [0.05, 0.1) is 18.8 Å². The number of aliphatic hydroxyl groups excluding tert-OH is 5. The summed E-state index contributed by atoms with van der Waals surface area (Å²) in [7, 11) is 0. The van der Waals surface area contributed by atoms with Crippen molar-refractivity contribution in [1.82, 2.24) is 5.32 Å². The van der Waals surface area contributed by atoms with Crippen molar-refractivity contribution in [3.63, 3.8) is 0 Å². The van der Waals surface area contributed by atoms with Crippen molar-refractivity contribution in [3.8, 4) is 0 Å². The molecule has 1 aliphatic rings. The van der Waals surface area contributed by atoms with Crippen LogP contribution < -0.4 is 5.32 Å². The first kappa shape index (κ1) is 46.0. The summed E-state index contributed by atoms with van der Waals surface area (Å²) in [5.74, 6) is -0.189. The normalized spacial score (nSPS) is 22.5. The van der Waals surface area contributed by atoms with Crippen LogP contribution in [0.15, 0.2) is 12.2 Å². The largest absolute Gasteiger partial charge is 0.387 e. The topological polar surface area (TPSA) is 149 Å². The number of allylic oxidation sites excluding steroid dienone is 1. The number of nitrogens with one attached hydrogen (secondary N) is 1. The fraction of sp³-hybridized carbons (Fsp3) is 0.925. The maximum Gasteiger partial charge on any atom is 0.220 e. The Morgan fingerprint density at radius 2 is 1.06 bits per heavy atom. The van der Waals surface area contributed by atoms with Crippen molar-refractivity contribution in [2.75, 3.05) is 6.61 Å². The summed E-state index contributed by atoms with van der Waals surface area (Å²) in [6, 6.07) is -0.815. The Morgan fingerprint density at radius 3 is 1.53 bits per heavy atom. The van der Waals surface area contributed by atoms with E-state index in [4.69, 9.17) is 9.47 Å². The number of carbonyl (C=O) groups is 1. The molecular weight excluding hydrogens is 622 g/mol. The molecule has 0 aliphatic carbocycles. The third-order valence-corrected chi connectivity index (χ3v) is 9.81. The van der Waals surface area contributed by atoms with Crippen LogP contribution in [0.3, 0.4) is 0 Å². The molecule has 7 atom stereocenters. The fourth-order valence-electron chi connectivity index (χ4n) is 6.45. The number of hydrogen-bond donors (Lipinski definition) is 6. The Bertz CT molecular complexity index is 783. The van der Waals surface area contributed by atoms with Gasteiger partial charge < -0.3 is 40.3 Å². The van der Waals surface area contributed by atoms with Crippen LogP contribution in [0.5, 0.6) is 0 Å². The predicted octanol–water partition coefficient (Wildman–Crippen LogP) is 7.73. The van der Waals surface area contributed by atoms with Crippen LogP contribution in [-0.4, -0.2) is 81.1 Å². The molecule has 0 saturated carbocycles. The molecule has 1 aliphatic heterocycles. The molecule has 0 aromatic carbocycles. The second-order valence-corrected chi connectivity index (χ2v) is 14.5. The van der Waals surface area contributed by atoms with Crippen LogP contribution in [0.4, 0.5) is 0 Å². The van der Waals surface area contributed by atoms with Crippen LogP contribution in [0.2, 0.25) is 0 Å². The Kier molecular flexibility index (Phi) is 29.7. The maximum atomic E-state index is 12.8. The van der Waals surface area contributed by atoms with E-state index in [0.29, 0.717) is 6.42 Å². The number of ether oxygens (including phenoxy) is 2. The van der Waals surface area contributed by atoms with Crippen molar-refractivity contribution in [3.05, 3.63) is 12.2 Å². The summed E-state index contributed by atoms with van der Waals surface area (Å²) >= 11 is 0. The Labute approximate surface area is 299 Å². The van der Waals surface area contributed by atoms with E-state index in [0.717, 1.165) is 38.5 Å². The smallest absolute Gasteiger partial charge is 0.220 e. The third kappa shape index (κ3) is 23.9. The number of rotatable bonds is 33. The van der Waals surface area contributed by atoms with Gasteiger partial charge >= 0.3 is 0 Å². The Morgan fingerprint density at radius 1 is 0.633 bits per heavy atom. The molecule has 6 N–H and O–H groups in total. The van der Waals surface area contributed by atoms with Gasteiger partial charge in [0.25, 0.3) is 0 Å². The molecule has 9 heteroatoms. The van der Waals surface area contributed by atoms with E-state index in [1.54, 1.807) is 6.08 Å². The molecule has 0 aromatic rings. The maximum absolute atomic E-state index is 12.8. The number of unbranched alkanes of at least 4 members (excludes halogenated alkanes) is 24. The lowest BCUT2D eigenvalue weighted by Gasteiger charge is -2.38. The zero-order valence-electron chi connectivity index (χ0n) is 31.5. The summed E-state index contributed by atoms with van der Waals surface area (Å²) in [5, 5.41) is 53.6. The number of hydrogen-bond acceptors (Lipinski definition) is 8. The van der Waals surface area contributed by atoms with Crippen LogP contribution >= 0.6 is 0 Å². The minimum atomic E-state index is -1.73. The van der Waals surface area contributed by atoms with Crippen molar-refractivity contribution >= 4 is 5.91 Å². The van der Waals surface area contributed by atoms with Gasteiger partial charge in [-0.2, -0.15) is 0 Å².